The monoisotopic (exact) mass is 445 g/mol. The molecule has 9 heteroatoms. The molecular formula is C23H19N5O3S. The smallest absolute Gasteiger partial charge is 0.284 e. The number of carbonyl (C=O) groups is 1. The molecule has 3 aromatic carbocycles. The van der Waals surface area contributed by atoms with Crippen LogP contribution >= 0.6 is 11.8 Å². The molecule has 4 rings (SSSR count). The number of para-hydroxylation sites is 1. The van der Waals surface area contributed by atoms with Crippen LogP contribution < -0.4 is 5.32 Å². The molecule has 0 radical (unpaired) electrons. The second-order valence-electron chi connectivity index (χ2n) is 7.04. The Bertz CT molecular complexity index is 1270. The molecule has 160 valence electrons. The Balaban J connectivity index is 1.57. The summed E-state index contributed by atoms with van der Waals surface area (Å²) in [6.45, 7) is 0. The normalized spacial score (nSPS) is 10.7. The summed E-state index contributed by atoms with van der Waals surface area (Å²) in [5.41, 5.74) is 2.78. The summed E-state index contributed by atoms with van der Waals surface area (Å²) in [6.07, 6.45) is 2.17. The fourth-order valence-corrected chi connectivity index (χ4v) is 4.01. The third-order valence-corrected chi connectivity index (χ3v) is 5.91. The van der Waals surface area contributed by atoms with Crippen LogP contribution in [0.25, 0.3) is 0 Å². The Hall–Kier alpha value is -3.98. The van der Waals surface area contributed by atoms with Crippen molar-refractivity contribution >= 4 is 29.0 Å². The van der Waals surface area contributed by atoms with Crippen molar-refractivity contribution < 1.29 is 9.72 Å². The highest BCUT2D eigenvalue weighted by Crippen LogP contribution is 2.34. The predicted molar refractivity (Wildman–Crippen MR) is 122 cm³/mol. The van der Waals surface area contributed by atoms with Gasteiger partial charge < -0.3 is 9.88 Å². The standard InChI is InChI=1S/C23H19N5O3S/c1-27-15-24-26-23(27)32-21-12-11-18(14-20(21)28(30)31)22(29)25-19-10-6-5-9-17(19)13-16-7-3-2-4-8-16/h2-12,14-15H,13H2,1H3,(H,25,29). The highest BCUT2D eigenvalue weighted by molar-refractivity contribution is 7.99. The maximum absolute atomic E-state index is 12.9. The number of nitrogens with zero attached hydrogens (tertiary/aromatic N) is 4. The molecule has 0 atom stereocenters. The number of rotatable bonds is 7. The van der Waals surface area contributed by atoms with E-state index in [1.165, 1.54) is 12.4 Å². The average molecular weight is 446 g/mol. The molecule has 1 aromatic heterocycles. The van der Waals surface area contributed by atoms with Gasteiger partial charge in [-0.25, -0.2) is 0 Å². The zero-order valence-electron chi connectivity index (χ0n) is 17.1. The molecule has 0 saturated heterocycles. The van der Waals surface area contributed by atoms with Crippen LogP contribution in [0.15, 0.2) is 89.2 Å². The van der Waals surface area contributed by atoms with Gasteiger partial charge in [-0.05, 0) is 47.5 Å². The topological polar surface area (TPSA) is 103 Å². The van der Waals surface area contributed by atoms with Gasteiger partial charge in [0.25, 0.3) is 11.6 Å². The number of aryl methyl sites for hydroxylation is 1. The van der Waals surface area contributed by atoms with Crippen LogP contribution in [0.3, 0.4) is 0 Å². The van der Waals surface area contributed by atoms with Crippen molar-refractivity contribution in [1.82, 2.24) is 14.8 Å². The van der Waals surface area contributed by atoms with Crippen LogP contribution in [0, 0.1) is 10.1 Å². The summed E-state index contributed by atoms with van der Waals surface area (Å²) < 4.78 is 1.67. The van der Waals surface area contributed by atoms with E-state index in [0.29, 0.717) is 22.2 Å². The lowest BCUT2D eigenvalue weighted by molar-refractivity contribution is -0.387. The van der Waals surface area contributed by atoms with Gasteiger partial charge in [0, 0.05) is 24.4 Å². The van der Waals surface area contributed by atoms with Crippen LogP contribution in [-0.4, -0.2) is 25.6 Å². The molecule has 0 unspecified atom stereocenters. The number of hydrogen-bond donors (Lipinski definition) is 1. The van der Waals surface area contributed by atoms with Crippen LogP contribution in [-0.2, 0) is 13.5 Å². The van der Waals surface area contributed by atoms with Gasteiger partial charge in [0.1, 0.15) is 6.33 Å². The fourth-order valence-electron chi connectivity index (χ4n) is 3.16. The Morgan fingerprint density at radius 3 is 2.56 bits per heavy atom. The van der Waals surface area contributed by atoms with E-state index >= 15 is 0 Å². The Morgan fingerprint density at radius 1 is 1.09 bits per heavy atom. The third kappa shape index (κ3) is 4.84. The number of amides is 1. The summed E-state index contributed by atoms with van der Waals surface area (Å²) in [5, 5.41) is 22.8. The van der Waals surface area contributed by atoms with Crippen molar-refractivity contribution in [3.63, 3.8) is 0 Å². The first-order chi connectivity index (χ1) is 15.5. The zero-order chi connectivity index (χ0) is 22.5. The molecule has 0 spiro atoms. The van der Waals surface area contributed by atoms with E-state index in [1.54, 1.807) is 23.7 Å². The SMILES string of the molecule is Cn1cnnc1Sc1ccc(C(=O)Nc2ccccc2Cc2ccccc2)cc1[N+](=O)[O-]. The number of aromatic nitrogens is 3. The minimum atomic E-state index is -0.501. The number of hydrogen-bond acceptors (Lipinski definition) is 6. The molecular weight excluding hydrogens is 426 g/mol. The Labute approximate surface area is 188 Å². The Morgan fingerprint density at radius 2 is 1.84 bits per heavy atom. The predicted octanol–water partition coefficient (Wildman–Crippen LogP) is 4.72. The lowest BCUT2D eigenvalue weighted by Crippen LogP contribution is -2.14. The van der Waals surface area contributed by atoms with Gasteiger partial charge in [-0.15, -0.1) is 10.2 Å². The van der Waals surface area contributed by atoms with E-state index in [0.717, 1.165) is 22.9 Å². The largest absolute Gasteiger partial charge is 0.322 e. The minimum Gasteiger partial charge on any atom is -0.322 e. The Kier molecular flexibility index (Phi) is 6.27. The molecule has 0 aliphatic heterocycles. The number of nitro groups is 1. The average Bonchev–Trinajstić information content (AvgIpc) is 3.20. The van der Waals surface area contributed by atoms with E-state index in [4.69, 9.17) is 0 Å². The maximum Gasteiger partial charge on any atom is 0.284 e. The first-order valence-corrected chi connectivity index (χ1v) is 10.6. The molecule has 8 nitrogen and oxygen atoms in total. The van der Waals surface area contributed by atoms with Gasteiger partial charge in [-0.3, -0.25) is 14.9 Å². The van der Waals surface area contributed by atoms with Gasteiger partial charge in [0.05, 0.1) is 9.82 Å². The number of nitrogens with one attached hydrogen (secondary N) is 1. The summed E-state index contributed by atoms with van der Waals surface area (Å²) in [5.74, 6) is -0.413. The molecule has 0 fully saturated rings. The van der Waals surface area contributed by atoms with Gasteiger partial charge in [0.15, 0.2) is 5.16 Å². The molecule has 1 amide bonds. The molecule has 0 saturated carbocycles. The second kappa shape index (κ2) is 9.44. The molecule has 0 aliphatic carbocycles. The zero-order valence-corrected chi connectivity index (χ0v) is 18.0. The molecule has 0 aliphatic rings. The lowest BCUT2D eigenvalue weighted by Gasteiger charge is -2.12. The number of anilines is 1. The van der Waals surface area contributed by atoms with Crippen molar-refractivity contribution in [3.8, 4) is 0 Å². The van der Waals surface area contributed by atoms with Crippen LogP contribution in [0.2, 0.25) is 0 Å². The molecule has 0 bridgehead atoms. The van der Waals surface area contributed by atoms with E-state index in [-0.39, 0.29) is 11.3 Å². The maximum atomic E-state index is 12.9. The number of benzene rings is 3. The molecule has 32 heavy (non-hydrogen) atoms. The van der Waals surface area contributed by atoms with Crippen LogP contribution in [0.5, 0.6) is 0 Å². The molecule has 1 N–H and O–H groups in total. The van der Waals surface area contributed by atoms with Gasteiger partial charge in [-0.2, -0.15) is 0 Å². The number of nitro benzene ring substituents is 1. The summed E-state index contributed by atoms with van der Waals surface area (Å²) in [7, 11) is 1.75. The van der Waals surface area contributed by atoms with Gasteiger partial charge in [0.2, 0.25) is 0 Å². The van der Waals surface area contributed by atoms with Crippen LogP contribution in [0.1, 0.15) is 21.5 Å². The van der Waals surface area contributed by atoms with E-state index in [9.17, 15) is 14.9 Å². The summed E-state index contributed by atoms with van der Waals surface area (Å²) >= 11 is 1.12. The first kappa shape index (κ1) is 21.3. The minimum absolute atomic E-state index is 0.164. The summed E-state index contributed by atoms with van der Waals surface area (Å²) in [6, 6.07) is 21.9. The van der Waals surface area contributed by atoms with Crippen molar-refractivity contribution in [2.75, 3.05) is 5.32 Å². The highest BCUT2D eigenvalue weighted by Gasteiger charge is 2.20. The van der Waals surface area contributed by atoms with E-state index < -0.39 is 10.8 Å². The van der Waals surface area contributed by atoms with Gasteiger partial charge in [-0.1, -0.05) is 48.5 Å². The van der Waals surface area contributed by atoms with Crippen molar-refractivity contribution in [3.05, 3.63) is 106 Å². The van der Waals surface area contributed by atoms with E-state index in [1.807, 2.05) is 54.6 Å². The molecule has 1 heterocycles. The van der Waals surface area contributed by atoms with Crippen molar-refractivity contribution in [2.24, 2.45) is 7.05 Å². The van der Waals surface area contributed by atoms with Crippen molar-refractivity contribution in [2.45, 2.75) is 16.5 Å². The third-order valence-electron chi connectivity index (χ3n) is 4.79. The first-order valence-electron chi connectivity index (χ1n) is 9.75. The summed E-state index contributed by atoms with van der Waals surface area (Å²) in [4.78, 5) is 24.4. The second-order valence-corrected chi connectivity index (χ2v) is 8.05. The number of carbonyl (C=O) groups excluding carboxylic acids is 1. The quantitative estimate of drug-likeness (QED) is 0.326. The highest BCUT2D eigenvalue weighted by atomic mass is 32.2. The lowest BCUT2D eigenvalue weighted by atomic mass is 10.0. The molecule has 4 aromatic rings. The van der Waals surface area contributed by atoms with Crippen molar-refractivity contribution in [1.29, 1.82) is 0 Å². The van der Waals surface area contributed by atoms with E-state index in [2.05, 4.69) is 15.5 Å². The fraction of sp³-hybridized carbons (Fsp3) is 0.0870. The van der Waals surface area contributed by atoms with Crippen LogP contribution in [0.4, 0.5) is 11.4 Å². The van der Waals surface area contributed by atoms with Gasteiger partial charge >= 0.3 is 0 Å².